The molecule has 158 valence electrons. The second kappa shape index (κ2) is 9.34. The number of benzene rings is 1. The first-order chi connectivity index (χ1) is 14.6. The van der Waals surface area contributed by atoms with Crippen molar-refractivity contribution in [2.24, 2.45) is 5.92 Å². The normalized spacial score (nSPS) is 16.6. The van der Waals surface area contributed by atoms with Crippen LogP contribution in [0, 0.1) is 11.7 Å². The van der Waals surface area contributed by atoms with Crippen LogP contribution >= 0.6 is 11.3 Å². The zero-order valence-electron chi connectivity index (χ0n) is 16.8. The molecule has 30 heavy (non-hydrogen) atoms. The van der Waals surface area contributed by atoms with Crippen LogP contribution in [0.25, 0.3) is 11.5 Å². The fraction of sp³-hybridized carbons (Fsp3) is 0.429. The van der Waals surface area contributed by atoms with Gasteiger partial charge in [-0.25, -0.2) is 9.37 Å². The van der Waals surface area contributed by atoms with E-state index in [-0.39, 0.29) is 17.6 Å². The van der Waals surface area contributed by atoms with E-state index in [1.165, 1.54) is 17.4 Å². The minimum Gasteiger partial charge on any atom is -0.368 e. The summed E-state index contributed by atoms with van der Waals surface area (Å²) in [6.07, 6.45) is 4.99. The SMILES string of the molecule is CCCc1noc(-c2ccc(N3CCCC(C(=O)NCc4nccs4)C3)c(F)c2)n1. The highest BCUT2D eigenvalue weighted by Crippen LogP contribution is 2.29. The van der Waals surface area contributed by atoms with Crippen LogP contribution in [0.15, 0.2) is 34.3 Å². The third-order valence-electron chi connectivity index (χ3n) is 5.17. The Labute approximate surface area is 178 Å². The highest BCUT2D eigenvalue weighted by Gasteiger charge is 2.27. The van der Waals surface area contributed by atoms with E-state index in [0.717, 1.165) is 30.7 Å². The number of nitrogens with one attached hydrogen (secondary N) is 1. The molecule has 1 atom stereocenters. The fourth-order valence-electron chi connectivity index (χ4n) is 3.65. The summed E-state index contributed by atoms with van der Waals surface area (Å²) in [7, 11) is 0. The van der Waals surface area contributed by atoms with E-state index in [9.17, 15) is 9.18 Å². The van der Waals surface area contributed by atoms with E-state index >= 15 is 0 Å². The lowest BCUT2D eigenvalue weighted by Gasteiger charge is -2.34. The summed E-state index contributed by atoms with van der Waals surface area (Å²) >= 11 is 1.51. The number of carbonyl (C=O) groups excluding carboxylic acids is 1. The number of aromatic nitrogens is 3. The largest absolute Gasteiger partial charge is 0.368 e. The van der Waals surface area contributed by atoms with Crippen LogP contribution in [-0.2, 0) is 17.8 Å². The number of rotatable bonds is 7. The number of halogens is 1. The minimum absolute atomic E-state index is 0.0127. The van der Waals surface area contributed by atoms with Gasteiger partial charge in [-0.1, -0.05) is 12.1 Å². The van der Waals surface area contributed by atoms with E-state index in [2.05, 4.69) is 20.4 Å². The zero-order valence-corrected chi connectivity index (χ0v) is 17.6. The number of aryl methyl sites for hydroxylation is 1. The smallest absolute Gasteiger partial charge is 0.258 e. The van der Waals surface area contributed by atoms with Crippen LogP contribution in [0.1, 0.15) is 37.0 Å². The van der Waals surface area contributed by atoms with Crippen LogP contribution in [0.3, 0.4) is 0 Å². The number of anilines is 1. The summed E-state index contributed by atoms with van der Waals surface area (Å²) in [5, 5.41) is 9.63. The summed E-state index contributed by atoms with van der Waals surface area (Å²) in [5.74, 6) is 0.403. The molecule has 2 aromatic heterocycles. The Morgan fingerprint density at radius 3 is 3.10 bits per heavy atom. The molecule has 3 heterocycles. The molecule has 4 rings (SSSR count). The molecule has 1 aliphatic heterocycles. The maximum absolute atomic E-state index is 14.9. The Kier molecular flexibility index (Phi) is 6.37. The molecule has 1 unspecified atom stereocenters. The van der Waals surface area contributed by atoms with E-state index in [4.69, 9.17) is 4.52 Å². The van der Waals surface area contributed by atoms with Crippen molar-refractivity contribution in [1.82, 2.24) is 20.4 Å². The predicted octanol–water partition coefficient (Wildman–Crippen LogP) is 3.82. The minimum atomic E-state index is -0.355. The third-order valence-corrected chi connectivity index (χ3v) is 5.95. The lowest BCUT2D eigenvalue weighted by molar-refractivity contribution is -0.125. The molecule has 1 aromatic carbocycles. The molecule has 9 heteroatoms. The van der Waals surface area contributed by atoms with Crippen LogP contribution in [0.4, 0.5) is 10.1 Å². The average molecular weight is 430 g/mol. The number of carbonyl (C=O) groups is 1. The van der Waals surface area contributed by atoms with Gasteiger partial charge in [0.25, 0.3) is 5.89 Å². The predicted molar refractivity (Wildman–Crippen MR) is 113 cm³/mol. The first kappa shape index (κ1) is 20.5. The van der Waals surface area contributed by atoms with Crippen LogP contribution in [-0.4, -0.2) is 34.1 Å². The van der Waals surface area contributed by atoms with Gasteiger partial charge in [-0.15, -0.1) is 11.3 Å². The lowest BCUT2D eigenvalue weighted by Crippen LogP contribution is -2.43. The van der Waals surface area contributed by atoms with E-state index in [1.807, 2.05) is 17.2 Å². The van der Waals surface area contributed by atoms with Crippen molar-refractivity contribution in [1.29, 1.82) is 0 Å². The van der Waals surface area contributed by atoms with Crippen LogP contribution in [0.5, 0.6) is 0 Å². The summed E-state index contributed by atoms with van der Waals surface area (Å²) in [4.78, 5) is 23.0. The highest BCUT2D eigenvalue weighted by atomic mass is 32.1. The molecule has 1 fully saturated rings. The zero-order chi connectivity index (χ0) is 20.9. The summed E-state index contributed by atoms with van der Waals surface area (Å²) in [6, 6.07) is 4.93. The lowest BCUT2D eigenvalue weighted by atomic mass is 9.96. The van der Waals surface area contributed by atoms with Gasteiger partial charge in [0.1, 0.15) is 10.8 Å². The number of thiazole rings is 1. The Morgan fingerprint density at radius 2 is 2.33 bits per heavy atom. The number of amides is 1. The summed E-state index contributed by atoms with van der Waals surface area (Å²) in [5.41, 5.74) is 1.05. The monoisotopic (exact) mass is 429 g/mol. The number of piperidine rings is 1. The molecular formula is C21H24FN5O2S. The van der Waals surface area contributed by atoms with E-state index < -0.39 is 0 Å². The maximum Gasteiger partial charge on any atom is 0.258 e. The standard InChI is InChI=1S/C21H24FN5O2S/c1-2-4-18-25-21(29-26-18)14-6-7-17(16(22)11-14)27-9-3-5-15(13-27)20(28)24-12-19-23-8-10-30-19/h6-8,10-11,15H,2-5,9,12-13H2,1H3,(H,24,28). The molecule has 1 amide bonds. The highest BCUT2D eigenvalue weighted by molar-refractivity contribution is 7.09. The summed E-state index contributed by atoms with van der Waals surface area (Å²) in [6.45, 7) is 3.67. The first-order valence-electron chi connectivity index (χ1n) is 10.2. The molecule has 0 saturated carbocycles. The third kappa shape index (κ3) is 4.67. The summed E-state index contributed by atoms with van der Waals surface area (Å²) < 4.78 is 20.1. The molecular weight excluding hydrogens is 405 g/mol. The maximum atomic E-state index is 14.9. The van der Waals surface area contributed by atoms with Gasteiger partial charge in [-0.05, 0) is 37.5 Å². The van der Waals surface area contributed by atoms with E-state index in [1.54, 1.807) is 18.3 Å². The van der Waals surface area contributed by atoms with Crippen LogP contribution < -0.4 is 10.2 Å². The van der Waals surface area contributed by atoms with Crippen LogP contribution in [0.2, 0.25) is 0 Å². The molecule has 1 saturated heterocycles. The van der Waals surface area contributed by atoms with Crippen molar-refractivity contribution < 1.29 is 13.7 Å². The Morgan fingerprint density at radius 1 is 1.43 bits per heavy atom. The van der Waals surface area contributed by atoms with Gasteiger partial charge in [0.2, 0.25) is 5.91 Å². The fourth-order valence-corrected chi connectivity index (χ4v) is 4.21. The van der Waals surface area contributed by atoms with Gasteiger partial charge in [0.15, 0.2) is 5.82 Å². The quantitative estimate of drug-likeness (QED) is 0.615. The van der Waals surface area contributed by atoms with Crippen molar-refractivity contribution in [3.05, 3.63) is 46.4 Å². The second-order valence-electron chi connectivity index (χ2n) is 7.36. The topological polar surface area (TPSA) is 84.2 Å². The molecule has 0 bridgehead atoms. The number of hydrogen-bond acceptors (Lipinski definition) is 7. The molecule has 3 aromatic rings. The second-order valence-corrected chi connectivity index (χ2v) is 8.34. The molecule has 1 N–H and O–H groups in total. The van der Waals surface area contributed by atoms with E-state index in [0.29, 0.717) is 42.6 Å². The Balaban J connectivity index is 1.41. The first-order valence-corrected chi connectivity index (χ1v) is 11.1. The van der Waals surface area contributed by atoms with Gasteiger partial charge >= 0.3 is 0 Å². The van der Waals surface area contributed by atoms with Crippen molar-refractivity contribution in [2.45, 2.75) is 39.2 Å². The van der Waals surface area contributed by atoms with Crippen molar-refractivity contribution in [2.75, 3.05) is 18.0 Å². The molecule has 7 nitrogen and oxygen atoms in total. The molecule has 0 radical (unpaired) electrons. The molecule has 0 aliphatic carbocycles. The molecule has 1 aliphatic rings. The van der Waals surface area contributed by atoms with Gasteiger partial charge in [-0.2, -0.15) is 4.98 Å². The molecule has 0 spiro atoms. The van der Waals surface area contributed by atoms with Gasteiger partial charge in [0, 0.05) is 36.7 Å². The van der Waals surface area contributed by atoms with Crippen molar-refractivity contribution >= 4 is 22.9 Å². The van der Waals surface area contributed by atoms with Crippen molar-refractivity contribution in [3.8, 4) is 11.5 Å². The van der Waals surface area contributed by atoms with Gasteiger partial charge in [-0.3, -0.25) is 4.79 Å². The van der Waals surface area contributed by atoms with Crippen molar-refractivity contribution in [3.63, 3.8) is 0 Å². The Bertz CT molecular complexity index is 991. The number of hydrogen-bond donors (Lipinski definition) is 1. The van der Waals surface area contributed by atoms with Gasteiger partial charge < -0.3 is 14.7 Å². The Hall–Kier alpha value is -2.81. The number of nitrogens with zero attached hydrogens (tertiary/aromatic N) is 4. The van der Waals surface area contributed by atoms with Gasteiger partial charge in [0.05, 0.1) is 18.2 Å². The average Bonchev–Trinajstić information content (AvgIpc) is 3.44.